The predicted molar refractivity (Wildman–Crippen MR) is 86.4 cm³/mol. The Morgan fingerprint density at radius 2 is 2.14 bits per heavy atom. The lowest BCUT2D eigenvalue weighted by atomic mass is 10.1. The zero-order valence-corrected chi connectivity index (χ0v) is 13.8. The van der Waals surface area contributed by atoms with E-state index in [0.29, 0.717) is 12.1 Å². The van der Waals surface area contributed by atoms with Crippen molar-refractivity contribution in [2.75, 3.05) is 12.4 Å². The average molecular weight is 346 g/mol. The van der Waals surface area contributed by atoms with Crippen LogP contribution < -0.4 is 10.1 Å². The quantitative estimate of drug-likeness (QED) is 0.911. The molecule has 2 aromatic rings. The highest BCUT2D eigenvalue weighted by molar-refractivity contribution is 9.10. The Hall–Kier alpha value is -2.06. The summed E-state index contributed by atoms with van der Waals surface area (Å²) in [7, 11) is 1.66. The van der Waals surface area contributed by atoms with E-state index in [-0.39, 0.29) is 0 Å². The first kappa shape index (κ1) is 15.3. The lowest BCUT2D eigenvalue weighted by Crippen LogP contribution is -2.07. The molecule has 0 unspecified atom stereocenters. The van der Waals surface area contributed by atoms with Crippen LogP contribution in [0.1, 0.15) is 22.4 Å². The van der Waals surface area contributed by atoms with Crippen LogP contribution in [0.5, 0.6) is 5.75 Å². The van der Waals surface area contributed by atoms with Gasteiger partial charge in [0.05, 0.1) is 30.6 Å². The van der Waals surface area contributed by atoms with E-state index in [0.717, 1.165) is 32.7 Å². The van der Waals surface area contributed by atoms with Gasteiger partial charge in [-0.05, 0) is 32.0 Å². The topological polar surface area (TPSA) is 57.9 Å². The van der Waals surface area contributed by atoms with Gasteiger partial charge in [-0.1, -0.05) is 15.9 Å². The first-order valence-corrected chi connectivity index (χ1v) is 7.28. The number of hydrogen-bond donors (Lipinski definition) is 1. The Morgan fingerprint density at radius 1 is 1.38 bits per heavy atom. The van der Waals surface area contributed by atoms with Crippen LogP contribution >= 0.6 is 15.9 Å². The molecule has 21 heavy (non-hydrogen) atoms. The molecular weight excluding hydrogens is 330 g/mol. The number of pyridine rings is 1. The van der Waals surface area contributed by atoms with Gasteiger partial charge in [0.25, 0.3) is 0 Å². The summed E-state index contributed by atoms with van der Waals surface area (Å²) < 4.78 is 6.29. The number of ether oxygens (including phenoxy) is 1. The van der Waals surface area contributed by atoms with Crippen LogP contribution in [0.4, 0.5) is 5.69 Å². The molecule has 0 aliphatic heterocycles. The number of methoxy groups -OCH3 is 1. The van der Waals surface area contributed by atoms with E-state index in [2.05, 4.69) is 32.3 Å². The minimum Gasteiger partial charge on any atom is -0.496 e. The van der Waals surface area contributed by atoms with Crippen LogP contribution in [0.3, 0.4) is 0 Å². The van der Waals surface area contributed by atoms with E-state index in [1.165, 1.54) is 0 Å². The highest BCUT2D eigenvalue weighted by atomic mass is 79.9. The third-order valence-corrected chi connectivity index (χ3v) is 3.79. The van der Waals surface area contributed by atoms with Crippen LogP contribution in [0.25, 0.3) is 0 Å². The molecule has 0 aliphatic carbocycles. The van der Waals surface area contributed by atoms with Crippen molar-refractivity contribution in [2.24, 2.45) is 0 Å². The molecule has 0 atom stereocenters. The number of halogens is 1. The molecule has 0 saturated heterocycles. The maximum absolute atomic E-state index is 9.17. The van der Waals surface area contributed by atoms with Crippen molar-refractivity contribution in [1.29, 1.82) is 5.26 Å². The van der Waals surface area contributed by atoms with Crippen molar-refractivity contribution in [2.45, 2.75) is 20.4 Å². The smallest absolute Gasteiger partial charge is 0.128 e. The van der Waals surface area contributed by atoms with Gasteiger partial charge in [-0.2, -0.15) is 5.26 Å². The second kappa shape index (κ2) is 6.59. The van der Waals surface area contributed by atoms with Crippen molar-refractivity contribution < 1.29 is 4.74 Å². The van der Waals surface area contributed by atoms with Gasteiger partial charge in [-0.25, -0.2) is 0 Å². The third-order valence-electron chi connectivity index (χ3n) is 3.30. The van der Waals surface area contributed by atoms with Gasteiger partial charge in [0.2, 0.25) is 0 Å². The SMILES string of the molecule is COc1c(C)cnc(CNc2ccc(Br)cc2C#N)c1C. The molecule has 2 rings (SSSR count). The van der Waals surface area contributed by atoms with Gasteiger partial charge in [-0.3, -0.25) is 4.98 Å². The van der Waals surface area contributed by atoms with E-state index < -0.39 is 0 Å². The molecule has 1 N–H and O–H groups in total. The van der Waals surface area contributed by atoms with Crippen LogP contribution in [-0.4, -0.2) is 12.1 Å². The monoisotopic (exact) mass is 345 g/mol. The number of anilines is 1. The summed E-state index contributed by atoms with van der Waals surface area (Å²) in [5, 5.41) is 12.4. The molecule has 0 bridgehead atoms. The molecule has 1 aromatic carbocycles. The highest BCUT2D eigenvalue weighted by Crippen LogP contribution is 2.25. The highest BCUT2D eigenvalue weighted by Gasteiger charge is 2.10. The molecule has 0 amide bonds. The summed E-state index contributed by atoms with van der Waals surface area (Å²) in [5.41, 5.74) is 4.33. The summed E-state index contributed by atoms with van der Waals surface area (Å²) in [6.07, 6.45) is 1.80. The Bertz CT molecular complexity index is 707. The summed E-state index contributed by atoms with van der Waals surface area (Å²) in [6, 6.07) is 7.75. The summed E-state index contributed by atoms with van der Waals surface area (Å²) in [6.45, 7) is 4.50. The fourth-order valence-electron chi connectivity index (χ4n) is 2.19. The maximum atomic E-state index is 9.17. The zero-order valence-electron chi connectivity index (χ0n) is 12.2. The number of benzene rings is 1. The Balaban J connectivity index is 2.23. The van der Waals surface area contributed by atoms with E-state index in [1.54, 1.807) is 19.4 Å². The number of aromatic nitrogens is 1. The van der Waals surface area contributed by atoms with Gasteiger partial charge in [0, 0.05) is 21.8 Å². The lowest BCUT2D eigenvalue weighted by Gasteiger charge is -2.14. The fraction of sp³-hybridized carbons (Fsp3) is 0.250. The van der Waals surface area contributed by atoms with Crippen LogP contribution in [0, 0.1) is 25.2 Å². The predicted octanol–water partition coefficient (Wildman–Crippen LogP) is 3.95. The van der Waals surface area contributed by atoms with E-state index in [4.69, 9.17) is 10.00 Å². The number of aryl methyl sites for hydroxylation is 1. The van der Waals surface area contributed by atoms with Crippen molar-refractivity contribution in [3.8, 4) is 11.8 Å². The second-order valence-corrected chi connectivity index (χ2v) is 5.62. The number of nitrogens with zero attached hydrogens (tertiary/aromatic N) is 2. The Morgan fingerprint density at radius 3 is 2.81 bits per heavy atom. The average Bonchev–Trinajstić information content (AvgIpc) is 2.48. The molecule has 4 nitrogen and oxygen atoms in total. The van der Waals surface area contributed by atoms with Crippen LogP contribution in [0.2, 0.25) is 0 Å². The largest absolute Gasteiger partial charge is 0.496 e. The normalized spacial score (nSPS) is 10.0. The summed E-state index contributed by atoms with van der Waals surface area (Å²) in [5.74, 6) is 0.859. The molecular formula is C16H16BrN3O. The number of rotatable bonds is 4. The van der Waals surface area contributed by atoms with E-state index >= 15 is 0 Å². The molecule has 1 aromatic heterocycles. The van der Waals surface area contributed by atoms with Crippen LogP contribution in [-0.2, 0) is 6.54 Å². The summed E-state index contributed by atoms with van der Waals surface area (Å²) in [4.78, 5) is 4.44. The van der Waals surface area contributed by atoms with Gasteiger partial charge in [0.15, 0.2) is 0 Å². The molecule has 0 saturated carbocycles. The van der Waals surface area contributed by atoms with Gasteiger partial charge < -0.3 is 10.1 Å². The Kier molecular flexibility index (Phi) is 4.81. The molecule has 5 heteroatoms. The van der Waals surface area contributed by atoms with Crippen LogP contribution in [0.15, 0.2) is 28.9 Å². The van der Waals surface area contributed by atoms with Gasteiger partial charge >= 0.3 is 0 Å². The van der Waals surface area contributed by atoms with Crippen molar-refractivity contribution in [3.63, 3.8) is 0 Å². The molecule has 0 radical (unpaired) electrons. The zero-order chi connectivity index (χ0) is 15.4. The molecule has 0 fully saturated rings. The van der Waals surface area contributed by atoms with Crippen molar-refractivity contribution >= 4 is 21.6 Å². The van der Waals surface area contributed by atoms with Gasteiger partial charge in [0.1, 0.15) is 11.8 Å². The number of nitriles is 1. The molecule has 0 spiro atoms. The first-order valence-electron chi connectivity index (χ1n) is 6.49. The van der Waals surface area contributed by atoms with Crippen molar-refractivity contribution in [1.82, 2.24) is 4.98 Å². The van der Waals surface area contributed by atoms with E-state index in [1.807, 2.05) is 26.0 Å². The molecule has 108 valence electrons. The van der Waals surface area contributed by atoms with E-state index in [9.17, 15) is 0 Å². The van der Waals surface area contributed by atoms with Crippen molar-refractivity contribution in [3.05, 3.63) is 51.3 Å². The van der Waals surface area contributed by atoms with Gasteiger partial charge in [-0.15, -0.1) is 0 Å². The number of hydrogen-bond acceptors (Lipinski definition) is 4. The molecule has 1 heterocycles. The number of nitrogens with one attached hydrogen (secondary N) is 1. The Labute approximate surface area is 132 Å². The first-order chi connectivity index (χ1) is 10.1. The third kappa shape index (κ3) is 3.34. The minimum atomic E-state index is 0.540. The molecule has 0 aliphatic rings. The second-order valence-electron chi connectivity index (χ2n) is 4.70. The maximum Gasteiger partial charge on any atom is 0.128 e. The standard InChI is InChI=1S/C16H16BrN3O/c1-10-8-19-15(11(2)16(10)21-3)9-20-14-5-4-13(17)6-12(14)7-18/h4-6,8,20H,9H2,1-3H3. The lowest BCUT2D eigenvalue weighted by molar-refractivity contribution is 0.407. The summed E-state index contributed by atoms with van der Waals surface area (Å²) >= 11 is 3.36. The minimum absolute atomic E-state index is 0.540. The fourth-order valence-corrected chi connectivity index (χ4v) is 2.55.